The van der Waals surface area contributed by atoms with Crippen molar-refractivity contribution in [3.8, 4) is 0 Å². The van der Waals surface area contributed by atoms with E-state index in [9.17, 15) is 0 Å². The van der Waals surface area contributed by atoms with Crippen molar-refractivity contribution in [2.24, 2.45) is 17.8 Å². The maximum absolute atomic E-state index is 5.84. The van der Waals surface area contributed by atoms with Crippen molar-refractivity contribution in [1.29, 1.82) is 0 Å². The first-order valence-corrected chi connectivity index (χ1v) is 8.02. The predicted molar refractivity (Wildman–Crippen MR) is 78.9 cm³/mol. The van der Waals surface area contributed by atoms with Crippen LogP contribution in [0.5, 0.6) is 0 Å². The van der Waals surface area contributed by atoms with Gasteiger partial charge in [0.1, 0.15) is 0 Å². The predicted octanol–water partition coefficient (Wildman–Crippen LogP) is 4.81. The molecule has 104 valence electrons. The van der Waals surface area contributed by atoms with Crippen LogP contribution in [0.2, 0.25) is 0 Å². The number of ether oxygens (including phenoxy) is 1. The van der Waals surface area contributed by atoms with Gasteiger partial charge in [-0.1, -0.05) is 49.6 Å². The fourth-order valence-electron chi connectivity index (χ4n) is 4.12. The van der Waals surface area contributed by atoms with Crippen LogP contribution in [0.3, 0.4) is 0 Å². The van der Waals surface area contributed by atoms with Crippen LogP contribution in [0.25, 0.3) is 0 Å². The Bertz CT molecular complexity index is 361. The van der Waals surface area contributed by atoms with Gasteiger partial charge < -0.3 is 4.74 Å². The van der Waals surface area contributed by atoms with Gasteiger partial charge in [0.2, 0.25) is 0 Å². The Labute approximate surface area is 117 Å². The van der Waals surface area contributed by atoms with E-state index in [1.807, 2.05) is 0 Å². The van der Waals surface area contributed by atoms with Crippen LogP contribution in [-0.2, 0) is 11.3 Å². The van der Waals surface area contributed by atoms with E-state index in [1.54, 1.807) is 0 Å². The zero-order valence-corrected chi connectivity index (χ0v) is 11.9. The summed E-state index contributed by atoms with van der Waals surface area (Å²) in [5.41, 5.74) is 1.29. The van der Waals surface area contributed by atoms with Crippen LogP contribution in [0.4, 0.5) is 0 Å². The minimum atomic E-state index is 0.778. The van der Waals surface area contributed by atoms with E-state index >= 15 is 0 Å². The average molecular weight is 258 g/mol. The first-order valence-electron chi connectivity index (χ1n) is 8.02. The Kier molecular flexibility index (Phi) is 4.55. The summed E-state index contributed by atoms with van der Waals surface area (Å²) in [6, 6.07) is 10.5. The van der Waals surface area contributed by atoms with Crippen molar-refractivity contribution in [3.63, 3.8) is 0 Å². The van der Waals surface area contributed by atoms with Gasteiger partial charge >= 0.3 is 0 Å². The van der Waals surface area contributed by atoms with E-state index in [2.05, 4.69) is 30.3 Å². The van der Waals surface area contributed by atoms with E-state index in [-0.39, 0.29) is 0 Å². The fourth-order valence-corrected chi connectivity index (χ4v) is 4.12. The molecule has 0 heterocycles. The lowest BCUT2D eigenvalue weighted by Crippen LogP contribution is -2.27. The molecule has 0 amide bonds. The van der Waals surface area contributed by atoms with E-state index in [0.717, 1.165) is 31.0 Å². The number of hydrogen-bond acceptors (Lipinski definition) is 1. The highest BCUT2D eigenvalue weighted by Crippen LogP contribution is 2.43. The molecule has 1 aromatic carbocycles. The molecule has 1 nitrogen and oxygen atoms in total. The van der Waals surface area contributed by atoms with Gasteiger partial charge in [-0.15, -0.1) is 0 Å². The van der Waals surface area contributed by atoms with Gasteiger partial charge in [-0.2, -0.15) is 0 Å². The van der Waals surface area contributed by atoms with Gasteiger partial charge in [-0.25, -0.2) is 0 Å². The van der Waals surface area contributed by atoms with Crippen LogP contribution in [-0.4, -0.2) is 6.61 Å². The molecule has 2 saturated carbocycles. The van der Waals surface area contributed by atoms with E-state index < -0.39 is 0 Å². The van der Waals surface area contributed by atoms with Crippen LogP contribution in [0.15, 0.2) is 30.3 Å². The van der Waals surface area contributed by atoms with Crippen LogP contribution >= 0.6 is 0 Å². The number of hydrogen-bond donors (Lipinski definition) is 0. The van der Waals surface area contributed by atoms with E-state index in [0.29, 0.717) is 0 Å². The molecule has 0 saturated heterocycles. The summed E-state index contributed by atoms with van der Waals surface area (Å²) in [6.07, 6.45) is 10.2. The van der Waals surface area contributed by atoms with Crippen molar-refractivity contribution in [3.05, 3.63) is 35.9 Å². The molecular weight excluding hydrogens is 232 g/mol. The van der Waals surface area contributed by atoms with Crippen LogP contribution in [0.1, 0.15) is 50.5 Å². The molecule has 0 spiro atoms. The van der Waals surface area contributed by atoms with Gasteiger partial charge in [0.15, 0.2) is 0 Å². The molecule has 3 rings (SSSR count). The molecule has 1 heteroatoms. The maximum atomic E-state index is 5.84. The zero-order valence-electron chi connectivity index (χ0n) is 11.9. The van der Waals surface area contributed by atoms with Crippen molar-refractivity contribution >= 4 is 0 Å². The molecule has 1 aromatic rings. The molecule has 0 N–H and O–H groups in total. The minimum Gasteiger partial charge on any atom is -0.377 e. The van der Waals surface area contributed by atoms with Crippen molar-refractivity contribution in [2.75, 3.05) is 6.61 Å². The van der Waals surface area contributed by atoms with Crippen LogP contribution < -0.4 is 0 Å². The van der Waals surface area contributed by atoms with Gasteiger partial charge in [0, 0.05) is 6.61 Å². The highest BCUT2D eigenvalue weighted by molar-refractivity contribution is 5.13. The summed E-state index contributed by atoms with van der Waals surface area (Å²) in [5, 5.41) is 0. The van der Waals surface area contributed by atoms with Gasteiger partial charge in [0.05, 0.1) is 6.61 Å². The largest absolute Gasteiger partial charge is 0.377 e. The molecule has 0 aromatic heterocycles. The second-order valence-corrected chi connectivity index (χ2v) is 6.56. The standard InChI is InChI=1S/C18H26O/c1-2-5-15(6-3-1)14-19-10-9-18-12-16-7-4-8-17(11-16)13-18/h1-3,5-6,16-18H,4,7-14H2. The summed E-state index contributed by atoms with van der Waals surface area (Å²) in [6.45, 7) is 1.72. The van der Waals surface area contributed by atoms with Crippen molar-refractivity contribution in [2.45, 2.75) is 51.6 Å². The Balaban J connectivity index is 1.36. The van der Waals surface area contributed by atoms with Gasteiger partial charge in [-0.05, 0) is 49.0 Å². The van der Waals surface area contributed by atoms with Gasteiger partial charge in [-0.3, -0.25) is 0 Å². The van der Waals surface area contributed by atoms with Crippen molar-refractivity contribution < 1.29 is 4.74 Å². The zero-order chi connectivity index (χ0) is 12.9. The van der Waals surface area contributed by atoms with E-state index in [4.69, 9.17) is 4.74 Å². The second-order valence-electron chi connectivity index (χ2n) is 6.56. The lowest BCUT2D eigenvalue weighted by molar-refractivity contribution is 0.0753. The SMILES string of the molecule is c1ccc(COCCC2CC3CCCC(C3)C2)cc1. The Morgan fingerprint density at radius 3 is 2.42 bits per heavy atom. The Hall–Kier alpha value is -0.820. The maximum Gasteiger partial charge on any atom is 0.0716 e. The smallest absolute Gasteiger partial charge is 0.0716 e. The second kappa shape index (κ2) is 6.56. The Morgan fingerprint density at radius 1 is 0.947 bits per heavy atom. The van der Waals surface area contributed by atoms with Gasteiger partial charge in [0.25, 0.3) is 0 Å². The number of benzene rings is 1. The summed E-state index contributed by atoms with van der Waals surface area (Å²) in [4.78, 5) is 0. The third kappa shape index (κ3) is 3.82. The fraction of sp³-hybridized carbons (Fsp3) is 0.667. The van der Waals surface area contributed by atoms with Crippen molar-refractivity contribution in [1.82, 2.24) is 0 Å². The first kappa shape index (κ1) is 13.2. The average Bonchev–Trinajstić information content (AvgIpc) is 2.44. The highest BCUT2D eigenvalue weighted by atomic mass is 16.5. The molecule has 0 radical (unpaired) electrons. The monoisotopic (exact) mass is 258 g/mol. The third-order valence-electron chi connectivity index (χ3n) is 5.01. The molecule has 0 aliphatic heterocycles. The summed E-state index contributed by atoms with van der Waals surface area (Å²) >= 11 is 0. The van der Waals surface area contributed by atoms with Crippen LogP contribution in [0, 0.1) is 17.8 Å². The third-order valence-corrected chi connectivity index (χ3v) is 5.01. The molecule has 2 unspecified atom stereocenters. The highest BCUT2D eigenvalue weighted by Gasteiger charge is 2.31. The van der Waals surface area contributed by atoms with E-state index in [1.165, 1.54) is 50.5 Å². The lowest BCUT2D eigenvalue weighted by atomic mass is 9.67. The normalized spacial score (nSPS) is 30.2. The minimum absolute atomic E-state index is 0.778. The number of fused-ring (bicyclic) bond motifs is 2. The molecule has 2 atom stereocenters. The molecule has 2 fully saturated rings. The molecular formula is C18H26O. The molecule has 2 bridgehead atoms. The Morgan fingerprint density at radius 2 is 1.68 bits per heavy atom. The number of rotatable bonds is 5. The molecule has 2 aliphatic carbocycles. The molecule has 19 heavy (non-hydrogen) atoms. The summed E-state index contributed by atoms with van der Waals surface area (Å²) in [5.74, 6) is 3.04. The summed E-state index contributed by atoms with van der Waals surface area (Å²) in [7, 11) is 0. The first-order chi connectivity index (χ1) is 9.40. The summed E-state index contributed by atoms with van der Waals surface area (Å²) < 4.78 is 5.84. The quantitative estimate of drug-likeness (QED) is 0.689. The molecule has 2 aliphatic rings. The topological polar surface area (TPSA) is 9.23 Å². The lowest BCUT2D eigenvalue weighted by Gasteiger charge is -2.39.